The maximum Gasteiger partial charge on any atom is 0.262 e. The number of rotatable bonds is 9. The van der Waals surface area contributed by atoms with Crippen LogP contribution in [0.2, 0.25) is 0 Å². The van der Waals surface area contributed by atoms with Crippen molar-refractivity contribution in [3.05, 3.63) is 59.7 Å². The molecule has 8 nitrogen and oxygen atoms in total. The first kappa shape index (κ1) is 23.1. The number of nitrogens with one attached hydrogen (secondary N) is 3. The summed E-state index contributed by atoms with van der Waals surface area (Å²) < 4.78 is 36.7. The van der Waals surface area contributed by atoms with Crippen molar-refractivity contribution in [2.45, 2.75) is 18.9 Å². The van der Waals surface area contributed by atoms with Gasteiger partial charge in [0.15, 0.2) is 18.2 Å². The van der Waals surface area contributed by atoms with E-state index in [0.29, 0.717) is 30.3 Å². The lowest BCUT2D eigenvalue weighted by molar-refractivity contribution is -0.130. The minimum absolute atomic E-state index is 0.178. The Morgan fingerprint density at radius 1 is 1.03 bits per heavy atom. The number of ether oxygens (including phenoxy) is 2. The van der Waals surface area contributed by atoms with Gasteiger partial charge in [-0.2, -0.15) is 0 Å². The second-order valence-corrected chi connectivity index (χ2v) is 7.04. The van der Waals surface area contributed by atoms with Crippen molar-refractivity contribution in [3.8, 4) is 5.75 Å². The van der Waals surface area contributed by atoms with Crippen molar-refractivity contribution in [1.29, 1.82) is 0 Å². The van der Waals surface area contributed by atoms with Gasteiger partial charge >= 0.3 is 0 Å². The highest BCUT2D eigenvalue weighted by Gasteiger charge is 2.22. The van der Waals surface area contributed by atoms with E-state index in [4.69, 9.17) is 9.47 Å². The molecular formula is C22H23F2N3O5. The standard InChI is InChI=1S/C22H23F2N3O5/c23-15-5-8-18(17(24)12-15)32-13-20(28)27-16-6-3-14(4-7-16)21(29)25-9-10-26-22(30)19-2-1-11-31-19/h3-8,12,19H,1-2,9-11,13H2,(H,25,29)(H,26,30)(H,27,28). The molecule has 1 unspecified atom stereocenters. The normalized spacial score (nSPS) is 15.1. The van der Waals surface area contributed by atoms with Crippen molar-refractivity contribution in [3.63, 3.8) is 0 Å². The Bertz CT molecular complexity index is 963. The van der Waals surface area contributed by atoms with Crippen LogP contribution in [-0.2, 0) is 14.3 Å². The third-order valence-electron chi connectivity index (χ3n) is 4.62. The van der Waals surface area contributed by atoms with Gasteiger partial charge in [0.05, 0.1) is 0 Å². The van der Waals surface area contributed by atoms with Crippen LogP contribution in [0.3, 0.4) is 0 Å². The van der Waals surface area contributed by atoms with Gasteiger partial charge in [-0.25, -0.2) is 8.78 Å². The number of anilines is 1. The first-order valence-corrected chi connectivity index (χ1v) is 10.1. The topological polar surface area (TPSA) is 106 Å². The molecule has 2 aromatic carbocycles. The molecule has 1 aliphatic heterocycles. The summed E-state index contributed by atoms with van der Waals surface area (Å²) in [4.78, 5) is 35.9. The van der Waals surface area contributed by atoms with Crippen molar-refractivity contribution >= 4 is 23.4 Å². The average Bonchev–Trinajstić information content (AvgIpc) is 3.31. The Morgan fingerprint density at radius 2 is 1.78 bits per heavy atom. The summed E-state index contributed by atoms with van der Waals surface area (Å²) in [5.41, 5.74) is 0.789. The van der Waals surface area contributed by atoms with Crippen LogP contribution in [0.25, 0.3) is 0 Å². The van der Waals surface area contributed by atoms with Crippen LogP contribution in [0.5, 0.6) is 5.75 Å². The van der Waals surface area contributed by atoms with E-state index in [2.05, 4.69) is 16.0 Å². The molecule has 0 spiro atoms. The molecule has 0 radical (unpaired) electrons. The van der Waals surface area contributed by atoms with Crippen LogP contribution in [0, 0.1) is 11.6 Å². The Hall–Kier alpha value is -3.53. The molecule has 1 saturated heterocycles. The van der Waals surface area contributed by atoms with E-state index in [9.17, 15) is 23.2 Å². The largest absolute Gasteiger partial charge is 0.481 e. The summed E-state index contributed by atoms with van der Waals surface area (Å²) in [5.74, 6) is -2.94. The minimum atomic E-state index is -0.903. The van der Waals surface area contributed by atoms with E-state index in [0.717, 1.165) is 18.6 Å². The van der Waals surface area contributed by atoms with Gasteiger partial charge in [-0.05, 0) is 49.2 Å². The van der Waals surface area contributed by atoms with E-state index in [1.165, 1.54) is 24.3 Å². The second kappa shape index (κ2) is 11.2. The molecule has 10 heteroatoms. The number of benzene rings is 2. The monoisotopic (exact) mass is 447 g/mol. The summed E-state index contributed by atoms with van der Waals surface area (Å²) in [6, 6.07) is 8.90. The predicted molar refractivity (Wildman–Crippen MR) is 111 cm³/mol. The highest BCUT2D eigenvalue weighted by Crippen LogP contribution is 2.17. The zero-order valence-electron chi connectivity index (χ0n) is 17.2. The van der Waals surface area contributed by atoms with E-state index in [1.54, 1.807) is 0 Å². The Balaban J connectivity index is 1.38. The van der Waals surface area contributed by atoms with Gasteiger partial charge in [0.2, 0.25) is 5.91 Å². The summed E-state index contributed by atoms with van der Waals surface area (Å²) >= 11 is 0. The van der Waals surface area contributed by atoms with Crippen LogP contribution in [-0.4, -0.2) is 50.1 Å². The van der Waals surface area contributed by atoms with Crippen LogP contribution < -0.4 is 20.7 Å². The van der Waals surface area contributed by atoms with Crippen molar-refractivity contribution < 1.29 is 32.6 Å². The predicted octanol–water partition coefficient (Wildman–Crippen LogP) is 2.01. The molecule has 0 aromatic heterocycles. The molecule has 1 atom stereocenters. The van der Waals surface area contributed by atoms with Gasteiger partial charge in [0.25, 0.3) is 11.8 Å². The molecule has 0 saturated carbocycles. The zero-order valence-corrected chi connectivity index (χ0v) is 17.2. The molecule has 3 N–H and O–H groups in total. The van der Waals surface area contributed by atoms with Gasteiger partial charge in [-0.3, -0.25) is 14.4 Å². The molecule has 1 heterocycles. The lowest BCUT2D eigenvalue weighted by atomic mass is 10.2. The molecule has 2 aromatic rings. The Labute approximate surface area is 183 Å². The molecule has 170 valence electrons. The summed E-state index contributed by atoms with van der Waals surface area (Å²) in [7, 11) is 0. The molecule has 3 rings (SSSR count). The third kappa shape index (κ3) is 6.74. The van der Waals surface area contributed by atoms with Gasteiger partial charge in [-0.1, -0.05) is 0 Å². The van der Waals surface area contributed by atoms with Crippen LogP contribution >= 0.6 is 0 Å². The zero-order chi connectivity index (χ0) is 22.9. The number of hydrogen-bond donors (Lipinski definition) is 3. The second-order valence-electron chi connectivity index (χ2n) is 7.04. The van der Waals surface area contributed by atoms with Gasteiger partial charge < -0.3 is 25.4 Å². The molecule has 1 aliphatic rings. The van der Waals surface area contributed by atoms with Crippen molar-refractivity contribution in [2.75, 3.05) is 31.6 Å². The van der Waals surface area contributed by atoms with Crippen LogP contribution in [0.15, 0.2) is 42.5 Å². The third-order valence-corrected chi connectivity index (χ3v) is 4.62. The number of carbonyl (C=O) groups is 3. The first-order valence-electron chi connectivity index (χ1n) is 10.1. The highest BCUT2D eigenvalue weighted by molar-refractivity contribution is 5.96. The van der Waals surface area contributed by atoms with E-state index < -0.39 is 30.3 Å². The fourth-order valence-electron chi connectivity index (χ4n) is 3.00. The molecule has 3 amide bonds. The lowest BCUT2D eigenvalue weighted by Crippen LogP contribution is -2.39. The van der Waals surface area contributed by atoms with Gasteiger partial charge in [-0.15, -0.1) is 0 Å². The van der Waals surface area contributed by atoms with E-state index >= 15 is 0 Å². The van der Waals surface area contributed by atoms with Crippen molar-refractivity contribution in [2.24, 2.45) is 0 Å². The summed E-state index contributed by atoms with van der Waals surface area (Å²) in [5, 5.41) is 7.95. The Morgan fingerprint density at radius 3 is 2.47 bits per heavy atom. The van der Waals surface area contributed by atoms with Crippen molar-refractivity contribution in [1.82, 2.24) is 10.6 Å². The minimum Gasteiger partial charge on any atom is -0.481 e. The summed E-state index contributed by atoms with van der Waals surface area (Å²) in [6.07, 6.45) is 1.16. The van der Waals surface area contributed by atoms with Crippen LogP contribution in [0.1, 0.15) is 23.2 Å². The number of amides is 3. The quantitative estimate of drug-likeness (QED) is 0.510. The highest BCUT2D eigenvalue weighted by atomic mass is 19.1. The SMILES string of the molecule is O=C(COc1ccc(F)cc1F)Nc1ccc(C(=O)NCCNC(=O)C2CCCO2)cc1. The van der Waals surface area contributed by atoms with E-state index in [1.807, 2.05) is 0 Å². The molecule has 0 bridgehead atoms. The molecule has 0 aliphatic carbocycles. The number of carbonyl (C=O) groups excluding carboxylic acids is 3. The molecule has 1 fully saturated rings. The van der Waals surface area contributed by atoms with Gasteiger partial charge in [0, 0.05) is 37.0 Å². The fourth-order valence-corrected chi connectivity index (χ4v) is 3.00. The van der Waals surface area contributed by atoms with Crippen LogP contribution in [0.4, 0.5) is 14.5 Å². The molecular weight excluding hydrogens is 424 g/mol. The van der Waals surface area contributed by atoms with Gasteiger partial charge in [0.1, 0.15) is 11.9 Å². The summed E-state index contributed by atoms with van der Waals surface area (Å²) in [6.45, 7) is 0.661. The maximum atomic E-state index is 13.5. The molecule has 32 heavy (non-hydrogen) atoms. The van der Waals surface area contributed by atoms with E-state index in [-0.39, 0.29) is 30.7 Å². The number of halogens is 2. The number of hydrogen-bond acceptors (Lipinski definition) is 5. The smallest absolute Gasteiger partial charge is 0.262 e. The first-order chi connectivity index (χ1) is 15.4. The lowest BCUT2D eigenvalue weighted by Gasteiger charge is -2.11. The average molecular weight is 447 g/mol. The Kier molecular flexibility index (Phi) is 8.09. The maximum absolute atomic E-state index is 13.5. The fraction of sp³-hybridized carbons (Fsp3) is 0.318.